The number of hydrogen-bond donors (Lipinski definition) is 0. The summed E-state index contributed by atoms with van der Waals surface area (Å²) in [4.78, 5) is 0. The van der Waals surface area contributed by atoms with Crippen LogP contribution in [0.25, 0.3) is 22.3 Å². The Balaban J connectivity index is 1.83. The molecule has 0 saturated heterocycles. The van der Waals surface area contributed by atoms with Crippen LogP contribution >= 0.6 is 0 Å². The molecule has 0 N–H and O–H groups in total. The SMILES string of the molecule is CC(C)Cc1cccc2c1C1(c3ccccc3-c3ccccc31)c1ccccc1-2. The van der Waals surface area contributed by atoms with Crippen LogP contribution in [-0.4, -0.2) is 0 Å². The summed E-state index contributed by atoms with van der Waals surface area (Å²) in [6.45, 7) is 4.65. The Labute approximate surface area is 172 Å². The molecule has 2 aliphatic carbocycles. The van der Waals surface area contributed by atoms with Crippen LogP contribution < -0.4 is 0 Å². The van der Waals surface area contributed by atoms with Crippen molar-refractivity contribution in [2.45, 2.75) is 25.7 Å². The lowest BCUT2D eigenvalue weighted by atomic mass is 9.69. The Morgan fingerprint density at radius 1 is 0.552 bits per heavy atom. The molecule has 0 heterocycles. The van der Waals surface area contributed by atoms with Crippen molar-refractivity contribution >= 4 is 0 Å². The molecule has 2 aliphatic rings. The Bertz CT molecular complexity index is 1200. The zero-order chi connectivity index (χ0) is 19.6. The van der Waals surface area contributed by atoms with Gasteiger partial charge in [0.15, 0.2) is 0 Å². The Hall–Kier alpha value is -3.12. The van der Waals surface area contributed by atoms with Gasteiger partial charge in [0.05, 0.1) is 5.41 Å². The van der Waals surface area contributed by atoms with E-state index >= 15 is 0 Å². The summed E-state index contributed by atoms with van der Waals surface area (Å²) in [5.41, 5.74) is 12.6. The average Bonchev–Trinajstić information content (AvgIpc) is 3.22. The third-order valence-corrected chi connectivity index (χ3v) is 6.73. The molecular formula is C29H24. The van der Waals surface area contributed by atoms with Crippen molar-refractivity contribution < 1.29 is 0 Å². The van der Waals surface area contributed by atoms with Crippen molar-refractivity contribution in [2.24, 2.45) is 5.92 Å². The molecule has 0 heteroatoms. The second-order valence-electron chi connectivity index (χ2n) is 8.82. The largest absolute Gasteiger partial charge is 0.0728 e. The van der Waals surface area contributed by atoms with Gasteiger partial charge in [-0.05, 0) is 62.4 Å². The fourth-order valence-corrected chi connectivity index (χ4v) is 5.85. The first-order chi connectivity index (χ1) is 14.2. The summed E-state index contributed by atoms with van der Waals surface area (Å²) in [5.74, 6) is 0.620. The average molecular weight is 373 g/mol. The molecule has 0 bridgehead atoms. The lowest BCUT2D eigenvalue weighted by Crippen LogP contribution is -2.27. The second kappa shape index (κ2) is 5.94. The highest BCUT2D eigenvalue weighted by atomic mass is 14.5. The molecular weight excluding hydrogens is 348 g/mol. The van der Waals surface area contributed by atoms with Crippen LogP contribution in [0.1, 0.15) is 41.7 Å². The quantitative estimate of drug-likeness (QED) is 0.301. The van der Waals surface area contributed by atoms with Gasteiger partial charge in [-0.25, -0.2) is 0 Å². The lowest BCUT2D eigenvalue weighted by Gasteiger charge is -2.32. The number of rotatable bonds is 2. The summed E-state index contributed by atoms with van der Waals surface area (Å²) >= 11 is 0. The third kappa shape index (κ3) is 2.04. The van der Waals surface area contributed by atoms with E-state index in [0.29, 0.717) is 5.92 Å². The molecule has 0 saturated carbocycles. The molecule has 0 unspecified atom stereocenters. The standard InChI is InChI=1S/C29H24/c1-19(2)18-20-10-9-14-24-23-13-5-8-17-27(23)29(28(20)24)25-15-6-3-11-21(25)22-12-4-7-16-26(22)29/h3-17,19H,18H2,1-2H3. The number of hydrogen-bond acceptors (Lipinski definition) is 0. The zero-order valence-corrected chi connectivity index (χ0v) is 16.9. The summed E-state index contributed by atoms with van der Waals surface area (Å²) in [6.07, 6.45) is 1.10. The van der Waals surface area contributed by atoms with E-state index < -0.39 is 0 Å². The van der Waals surface area contributed by atoms with Crippen LogP contribution in [0.5, 0.6) is 0 Å². The van der Waals surface area contributed by atoms with E-state index in [-0.39, 0.29) is 5.41 Å². The van der Waals surface area contributed by atoms with Gasteiger partial charge in [-0.15, -0.1) is 0 Å². The molecule has 0 radical (unpaired) electrons. The van der Waals surface area contributed by atoms with Gasteiger partial charge in [0.1, 0.15) is 0 Å². The van der Waals surface area contributed by atoms with Gasteiger partial charge in [-0.3, -0.25) is 0 Å². The maximum absolute atomic E-state index is 2.36. The minimum atomic E-state index is -0.204. The topological polar surface area (TPSA) is 0 Å². The molecule has 0 fully saturated rings. The van der Waals surface area contributed by atoms with Crippen molar-refractivity contribution in [1.29, 1.82) is 0 Å². The van der Waals surface area contributed by atoms with Crippen LogP contribution in [-0.2, 0) is 11.8 Å². The van der Waals surface area contributed by atoms with E-state index in [1.54, 1.807) is 0 Å². The molecule has 0 atom stereocenters. The molecule has 29 heavy (non-hydrogen) atoms. The Kier molecular flexibility index (Phi) is 3.44. The lowest BCUT2D eigenvalue weighted by molar-refractivity contribution is 0.635. The number of fused-ring (bicyclic) bond motifs is 10. The minimum absolute atomic E-state index is 0.204. The Morgan fingerprint density at radius 2 is 1.00 bits per heavy atom. The van der Waals surface area contributed by atoms with Crippen LogP contribution in [0.15, 0.2) is 91.0 Å². The molecule has 0 aliphatic heterocycles. The van der Waals surface area contributed by atoms with E-state index in [4.69, 9.17) is 0 Å². The van der Waals surface area contributed by atoms with E-state index in [1.165, 1.54) is 50.1 Å². The van der Waals surface area contributed by atoms with Crippen molar-refractivity contribution in [3.05, 3.63) is 119 Å². The third-order valence-electron chi connectivity index (χ3n) is 6.73. The van der Waals surface area contributed by atoms with Gasteiger partial charge in [0.2, 0.25) is 0 Å². The monoisotopic (exact) mass is 372 g/mol. The highest BCUT2D eigenvalue weighted by molar-refractivity contribution is 5.95. The van der Waals surface area contributed by atoms with Gasteiger partial charge < -0.3 is 0 Å². The fraction of sp³-hybridized carbons (Fsp3) is 0.172. The van der Waals surface area contributed by atoms with E-state index in [1.807, 2.05) is 0 Å². The van der Waals surface area contributed by atoms with Crippen molar-refractivity contribution in [3.8, 4) is 22.3 Å². The van der Waals surface area contributed by atoms with Crippen molar-refractivity contribution in [2.75, 3.05) is 0 Å². The normalized spacial score (nSPS) is 14.6. The van der Waals surface area contributed by atoms with Crippen LogP contribution in [0, 0.1) is 5.92 Å². The molecule has 4 aromatic rings. The number of benzene rings is 4. The van der Waals surface area contributed by atoms with Gasteiger partial charge in [0.25, 0.3) is 0 Å². The highest BCUT2D eigenvalue weighted by Crippen LogP contribution is 2.63. The maximum atomic E-state index is 2.36. The zero-order valence-electron chi connectivity index (χ0n) is 16.9. The molecule has 4 aromatic carbocycles. The maximum Gasteiger partial charge on any atom is 0.0728 e. The first kappa shape index (κ1) is 16.8. The first-order valence-electron chi connectivity index (χ1n) is 10.6. The summed E-state index contributed by atoms with van der Waals surface area (Å²) in [7, 11) is 0. The molecule has 0 nitrogen and oxygen atoms in total. The van der Waals surface area contributed by atoms with Crippen LogP contribution in [0.2, 0.25) is 0 Å². The van der Waals surface area contributed by atoms with Gasteiger partial charge in [-0.2, -0.15) is 0 Å². The van der Waals surface area contributed by atoms with Gasteiger partial charge in [-0.1, -0.05) is 105 Å². The van der Waals surface area contributed by atoms with E-state index in [0.717, 1.165) is 6.42 Å². The summed E-state index contributed by atoms with van der Waals surface area (Å²) < 4.78 is 0. The minimum Gasteiger partial charge on any atom is -0.0625 e. The van der Waals surface area contributed by atoms with Crippen LogP contribution in [0.4, 0.5) is 0 Å². The van der Waals surface area contributed by atoms with E-state index in [9.17, 15) is 0 Å². The summed E-state index contributed by atoms with van der Waals surface area (Å²) in [6, 6.07) is 34.1. The van der Waals surface area contributed by atoms with E-state index in [2.05, 4.69) is 105 Å². The summed E-state index contributed by atoms with van der Waals surface area (Å²) in [5, 5.41) is 0. The smallest absolute Gasteiger partial charge is 0.0625 e. The second-order valence-corrected chi connectivity index (χ2v) is 8.82. The fourth-order valence-electron chi connectivity index (χ4n) is 5.85. The molecule has 6 rings (SSSR count). The Morgan fingerprint density at radius 3 is 1.52 bits per heavy atom. The van der Waals surface area contributed by atoms with Crippen molar-refractivity contribution in [3.63, 3.8) is 0 Å². The first-order valence-corrected chi connectivity index (χ1v) is 10.6. The van der Waals surface area contributed by atoms with Crippen LogP contribution in [0.3, 0.4) is 0 Å². The molecule has 140 valence electrons. The predicted molar refractivity (Wildman–Crippen MR) is 121 cm³/mol. The molecule has 0 aromatic heterocycles. The van der Waals surface area contributed by atoms with Crippen molar-refractivity contribution in [1.82, 2.24) is 0 Å². The predicted octanol–water partition coefficient (Wildman–Crippen LogP) is 7.23. The van der Waals surface area contributed by atoms with Gasteiger partial charge in [0, 0.05) is 0 Å². The molecule has 1 spiro atoms. The highest BCUT2D eigenvalue weighted by Gasteiger charge is 2.52. The van der Waals surface area contributed by atoms with Gasteiger partial charge >= 0.3 is 0 Å². The molecule has 0 amide bonds.